The molecule has 2 aromatic carbocycles. The zero-order valence-corrected chi connectivity index (χ0v) is 23.4. The van der Waals surface area contributed by atoms with Crippen LogP contribution in [-0.2, 0) is 14.3 Å². The molecule has 10 heteroatoms. The number of hydrogen-bond donors (Lipinski definition) is 1. The van der Waals surface area contributed by atoms with Crippen LogP contribution in [0.4, 0.5) is 5.69 Å². The molecule has 5 rings (SSSR count). The second-order valence-corrected chi connectivity index (χ2v) is 10.8. The van der Waals surface area contributed by atoms with Crippen molar-refractivity contribution >= 4 is 29.0 Å². The van der Waals surface area contributed by atoms with Gasteiger partial charge in [-0.1, -0.05) is 17.7 Å². The zero-order chi connectivity index (χ0) is 28.6. The third-order valence-corrected chi connectivity index (χ3v) is 8.35. The van der Waals surface area contributed by atoms with E-state index in [0.29, 0.717) is 40.5 Å². The fraction of sp³-hybridized carbons (Fsp3) is 0.400. The number of nitrogens with zero attached hydrogens (tertiary/aromatic N) is 1. The van der Waals surface area contributed by atoms with E-state index in [1.54, 1.807) is 21.1 Å². The Morgan fingerprint density at radius 2 is 1.77 bits per heavy atom. The van der Waals surface area contributed by atoms with Gasteiger partial charge in [-0.2, -0.15) is 0 Å². The van der Waals surface area contributed by atoms with Gasteiger partial charge in [-0.15, -0.1) is 0 Å². The number of allylic oxidation sites excluding steroid dienone is 3. The van der Waals surface area contributed by atoms with Gasteiger partial charge in [-0.05, 0) is 74.3 Å². The number of rotatable bonds is 7. The van der Waals surface area contributed by atoms with Crippen molar-refractivity contribution in [1.29, 1.82) is 0 Å². The number of Topliss-reactive ketones (excluding diaryl/α,β-unsaturated/α-hetero) is 1. The third kappa shape index (κ3) is 5.18. The Morgan fingerprint density at radius 1 is 1.05 bits per heavy atom. The summed E-state index contributed by atoms with van der Waals surface area (Å²) in [7, 11) is 3.12. The van der Waals surface area contributed by atoms with E-state index >= 15 is 0 Å². The van der Waals surface area contributed by atoms with Crippen molar-refractivity contribution in [2.45, 2.75) is 63.4 Å². The molecule has 1 saturated carbocycles. The number of ketones is 1. The molecule has 9 nitrogen and oxygen atoms in total. The van der Waals surface area contributed by atoms with Gasteiger partial charge >= 0.3 is 5.97 Å². The van der Waals surface area contributed by atoms with E-state index in [-0.39, 0.29) is 40.5 Å². The molecule has 0 spiro atoms. The third-order valence-electron chi connectivity index (χ3n) is 8.00. The number of carbonyl (C=O) groups is 2. The van der Waals surface area contributed by atoms with Crippen molar-refractivity contribution in [3.05, 3.63) is 85.2 Å². The smallest absolute Gasteiger partial charge is 0.337 e. The maximum absolute atomic E-state index is 13.9. The van der Waals surface area contributed by atoms with Crippen LogP contribution in [0.1, 0.15) is 68.4 Å². The van der Waals surface area contributed by atoms with Crippen LogP contribution in [-0.4, -0.2) is 37.0 Å². The first-order chi connectivity index (χ1) is 19.2. The Morgan fingerprint density at radius 3 is 2.45 bits per heavy atom. The lowest BCUT2D eigenvalue weighted by Gasteiger charge is -2.37. The minimum atomic E-state index is -0.892. The highest BCUT2D eigenvalue weighted by atomic mass is 35.5. The highest BCUT2D eigenvalue weighted by molar-refractivity contribution is 6.31. The molecule has 1 N–H and O–H groups in total. The van der Waals surface area contributed by atoms with Gasteiger partial charge in [0.25, 0.3) is 5.69 Å². The maximum atomic E-state index is 13.9. The molecular formula is C30H31ClN2O7. The van der Waals surface area contributed by atoms with Gasteiger partial charge < -0.3 is 19.5 Å². The van der Waals surface area contributed by atoms with Gasteiger partial charge in [0.1, 0.15) is 6.10 Å². The molecule has 2 aromatic rings. The summed E-state index contributed by atoms with van der Waals surface area (Å²) in [6.45, 7) is 1.76. The Labute approximate surface area is 237 Å². The largest absolute Gasteiger partial charge is 0.493 e. The summed E-state index contributed by atoms with van der Waals surface area (Å²) in [6.07, 6.45) is 4.02. The Kier molecular flexibility index (Phi) is 7.85. The lowest BCUT2D eigenvalue weighted by Crippen LogP contribution is -2.36. The van der Waals surface area contributed by atoms with Crippen LogP contribution >= 0.6 is 11.6 Å². The van der Waals surface area contributed by atoms with E-state index in [1.807, 2.05) is 18.2 Å². The van der Waals surface area contributed by atoms with Crippen molar-refractivity contribution in [2.24, 2.45) is 0 Å². The number of halogens is 1. The number of carbonyl (C=O) groups excluding carboxylic acids is 2. The van der Waals surface area contributed by atoms with Crippen LogP contribution in [0, 0.1) is 10.1 Å². The van der Waals surface area contributed by atoms with Crippen molar-refractivity contribution in [3.8, 4) is 11.5 Å². The Hall–Kier alpha value is -3.85. The van der Waals surface area contributed by atoms with E-state index in [9.17, 15) is 19.7 Å². The molecule has 0 aromatic heterocycles. The van der Waals surface area contributed by atoms with Crippen molar-refractivity contribution in [2.75, 3.05) is 14.2 Å². The predicted molar refractivity (Wildman–Crippen MR) is 149 cm³/mol. The Balaban J connectivity index is 1.59. The number of methoxy groups -OCH3 is 2. The minimum Gasteiger partial charge on any atom is -0.493 e. The standard InChI is InChI=1S/C30H31ClN2O7/c1-16-27(30(35)40-20-6-4-5-7-20)28(21-15-19(33(36)37)9-10-22(21)31)29-23(32-16)12-18(13-24(29)34)17-8-11-25(38-2)26(14-17)39-3/h8-11,14-15,18,20,28,32H,4-7,12-13H2,1-3H3/t18-,28-/m1/s1. The second-order valence-electron chi connectivity index (χ2n) is 10.4. The predicted octanol–water partition coefficient (Wildman–Crippen LogP) is 6.11. The van der Waals surface area contributed by atoms with E-state index in [4.69, 9.17) is 25.8 Å². The number of dihydropyridines is 1. The summed E-state index contributed by atoms with van der Waals surface area (Å²) in [5.41, 5.74) is 2.92. The summed E-state index contributed by atoms with van der Waals surface area (Å²) in [5.74, 6) is -0.589. The first-order valence-electron chi connectivity index (χ1n) is 13.3. The quantitative estimate of drug-likeness (QED) is 0.242. The average Bonchev–Trinajstić information content (AvgIpc) is 3.44. The molecule has 2 aliphatic carbocycles. The van der Waals surface area contributed by atoms with Crippen molar-refractivity contribution in [1.82, 2.24) is 5.32 Å². The summed E-state index contributed by atoms with van der Waals surface area (Å²) >= 11 is 6.61. The molecule has 210 valence electrons. The molecule has 0 amide bonds. The van der Waals surface area contributed by atoms with Crippen LogP contribution < -0.4 is 14.8 Å². The van der Waals surface area contributed by atoms with Crippen LogP contribution in [0.25, 0.3) is 0 Å². The molecule has 3 aliphatic rings. The molecule has 0 saturated heterocycles. The highest BCUT2D eigenvalue weighted by Crippen LogP contribution is 2.48. The minimum absolute atomic E-state index is 0.153. The molecule has 40 heavy (non-hydrogen) atoms. The van der Waals surface area contributed by atoms with E-state index in [2.05, 4.69) is 5.32 Å². The normalized spacial score (nSPS) is 21.1. The average molecular weight is 567 g/mol. The number of non-ortho nitro benzene ring substituents is 1. The lowest BCUT2D eigenvalue weighted by molar-refractivity contribution is -0.384. The van der Waals surface area contributed by atoms with Crippen molar-refractivity contribution < 1.29 is 28.7 Å². The highest BCUT2D eigenvalue weighted by Gasteiger charge is 2.43. The molecule has 1 fully saturated rings. The maximum Gasteiger partial charge on any atom is 0.337 e. The van der Waals surface area contributed by atoms with Crippen LogP contribution in [0.2, 0.25) is 5.02 Å². The first kappa shape index (κ1) is 27.7. The number of ether oxygens (including phenoxy) is 3. The van der Waals surface area contributed by atoms with Crippen LogP contribution in [0.3, 0.4) is 0 Å². The summed E-state index contributed by atoms with van der Waals surface area (Å²) in [6, 6.07) is 9.69. The number of nitro groups is 1. The molecule has 0 unspecified atom stereocenters. The summed E-state index contributed by atoms with van der Waals surface area (Å²) in [4.78, 5) is 38.7. The topological polar surface area (TPSA) is 117 Å². The van der Waals surface area contributed by atoms with E-state index in [0.717, 1.165) is 31.2 Å². The first-order valence-corrected chi connectivity index (χ1v) is 13.7. The van der Waals surface area contributed by atoms with Gasteiger partial charge in [0.2, 0.25) is 0 Å². The zero-order valence-electron chi connectivity index (χ0n) is 22.6. The molecule has 2 atom stereocenters. The van der Waals surface area contributed by atoms with E-state index in [1.165, 1.54) is 18.2 Å². The lowest BCUT2D eigenvalue weighted by atomic mass is 9.71. The van der Waals surface area contributed by atoms with Crippen molar-refractivity contribution in [3.63, 3.8) is 0 Å². The SMILES string of the molecule is COc1ccc([C@H]2CC(=O)C3=C(C2)NC(C)=C(C(=O)OC2CCCC2)[C@H]3c2cc([N+](=O)[O-])ccc2Cl)cc1OC. The van der Waals surface area contributed by atoms with Gasteiger partial charge in [-0.3, -0.25) is 14.9 Å². The van der Waals surface area contributed by atoms with Crippen LogP contribution in [0.15, 0.2) is 58.9 Å². The van der Waals surface area contributed by atoms with Crippen LogP contribution in [0.5, 0.6) is 11.5 Å². The van der Waals surface area contributed by atoms with Gasteiger partial charge in [0.15, 0.2) is 17.3 Å². The molecule has 1 heterocycles. The molecule has 0 bridgehead atoms. The summed E-state index contributed by atoms with van der Waals surface area (Å²) < 4.78 is 16.7. The van der Waals surface area contributed by atoms with Gasteiger partial charge in [-0.25, -0.2) is 4.79 Å². The number of hydrogen-bond acceptors (Lipinski definition) is 8. The molecular weight excluding hydrogens is 536 g/mol. The molecule has 1 aliphatic heterocycles. The molecule has 0 radical (unpaired) electrons. The fourth-order valence-electron chi connectivity index (χ4n) is 6.05. The second kappa shape index (κ2) is 11.3. The summed E-state index contributed by atoms with van der Waals surface area (Å²) in [5, 5.41) is 15.2. The number of nitro benzene ring substituents is 1. The number of benzene rings is 2. The Bertz CT molecular complexity index is 1440. The monoisotopic (exact) mass is 566 g/mol. The van der Waals surface area contributed by atoms with Gasteiger partial charge in [0, 0.05) is 46.5 Å². The van der Waals surface area contributed by atoms with E-state index < -0.39 is 16.8 Å². The number of esters is 1. The van der Waals surface area contributed by atoms with Gasteiger partial charge in [0.05, 0.1) is 24.7 Å². The fourth-order valence-corrected chi connectivity index (χ4v) is 6.28. The number of nitrogens with one attached hydrogen (secondary N) is 1.